The van der Waals surface area contributed by atoms with Gasteiger partial charge in [0.1, 0.15) is 0 Å². The van der Waals surface area contributed by atoms with Gasteiger partial charge in [0.15, 0.2) is 0 Å². The first kappa shape index (κ1) is 10.9. The van der Waals surface area contributed by atoms with E-state index in [-0.39, 0.29) is 0 Å². The summed E-state index contributed by atoms with van der Waals surface area (Å²) in [7, 11) is 0. The molecule has 4 rings (SSSR count). The predicted molar refractivity (Wildman–Crippen MR) is 80.2 cm³/mol. The molecular weight excluding hydrogens is 230 g/mol. The van der Waals surface area contributed by atoms with Gasteiger partial charge in [0.2, 0.25) is 0 Å². The summed E-state index contributed by atoms with van der Waals surface area (Å²) in [6, 6.07) is 17.8. The van der Waals surface area contributed by atoms with E-state index in [1.54, 1.807) is 0 Å². The second-order valence-corrected chi connectivity index (χ2v) is 5.44. The molecule has 0 radical (unpaired) electrons. The molecule has 1 aliphatic heterocycles. The van der Waals surface area contributed by atoms with Crippen LogP contribution in [0.3, 0.4) is 0 Å². The maximum absolute atomic E-state index is 3.73. The van der Waals surface area contributed by atoms with Crippen LogP contribution >= 0.6 is 0 Å². The lowest BCUT2D eigenvalue weighted by Crippen LogP contribution is -2.17. The molecule has 0 bridgehead atoms. The zero-order valence-corrected chi connectivity index (χ0v) is 10.9. The van der Waals surface area contributed by atoms with Gasteiger partial charge in [-0.1, -0.05) is 48.5 Å². The molecule has 19 heavy (non-hydrogen) atoms. The van der Waals surface area contributed by atoms with Crippen molar-refractivity contribution >= 4 is 11.8 Å². The van der Waals surface area contributed by atoms with Gasteiger partial charge in [-0.3, -0.25) is 0 Å². The molecule has 1 nitrogen and oxygen atoms in total. The van der Waals surface area contributed by atoms with E-state index in [0.717, 1.165) is 0 Å². The molecule has 1 unspecified atom stereocenters. The number of para-hydroxylation sites is 1. The molecule has 1 N–H and O–H groups in total. The Labute approximate surface area is 114 Å². The van der Waals surface area contributed by atoms with E-state index in [1.807, 2.05) is 0 Å². The van der Waals surface area contributed by atoms with Crippen LogP contribution in [0.2, 0.25) is 0 Å². The Morgan fingerprint density at radius 1 is 0.895 bits per heavy atom. The molecule has 1 heteroatoms. The lowest BCUT2D eigenvalue weighted by Gasteiger charge is -2.28. The molecule has 2 aromatic carbocycles. The highest BCUT2D eigenvalue weighted by Crippen LogP contribution is 2.40. The van der Waals surface area contributed by atoms with Gasteiger partial charge in [0, 0.05) is 5.69 Å². The third-order valence-electron chi connectivity index (χ3n) is 4.25. The van der Waals surface area contributed by atoms with Crippen molar-refractivity contribution in [3.63, 3.8) is 0 Å². The number of anilines is 1. The quantitative estimate of drug-likeness (QED) is 0.719. The third kappa shape index (κ3) is 1.77. The minimum atomic E-state index is 0.369. The zero-order chi connectivity index (χ0) is 12.7. The molecule has 2 aromatic rings. The number of fused-ring (bicyclic) bond motifs is 4. The minimum absolute atomic E-state index is 0.369. The summed E-state index contributed by atoms with van der Waals surface area (Å²) >= 11 is 0. The molecule has 1 atom stereocenters. The van der Waals surface area contributed by atoms with Gasteiger partial charge >= 0.3 is 0 Å². The van der Waals surface area contributed by atoms with Crippen LogP contribution in [-0.4, -0.2) is 0 Å². The van der Waals surface area contributed by atoms with Gasteiger partial charge in [-0.15, -0.1) is 0 Å². The highest BCUT2D eigenvalue weighted by Gasteiger charge is 2.25. The van der Waals surface area contributed by atoms with Crippen molar-refractivity contribution in [1.29, 1.82) is 0 Å². The molecule has 2 aliphatic rings. The second kappa shape index (κ2) is 4.27. The van der Waals surface area contributed by atoms with E-state index in [4.69, 9.17) is 0 Å². The Bertz CT molecular complexity index is 654. The fourth-order valence-electron chi connectivity index (χ4n) is 3.31. The number of hydrogen-bond donors (Lipinski definition) is 1. The number of aryl methyl sites for hydroxylation is 1. The lowest BCUT2D eigenvalue weighted by atomic mass is 9.90. The van der Waals surface area contributed by atoms with E-state index in [0.29, 0.717) is 6.04 Å². The first-order valence-electron chi connectivity index (χ1n) is 7.06. The summed E-state index contributed by atoms with van der Waals surface area (Å²) in [5.41, 5.74) is 7.08. The van der Waals surface area contributed by atoms with Gasteiger partial charge < -0.3 is 5.32 Å². The summed E-state index contributed by atoms with van der Waals surface area (Å²) in [5, 5.41) is 3.73. The fraction of sp³-hybridized carbons (Fsp3) is 0.222. The summed E-state index contributed by atoms with van der Waals surface area (Å²) in [5.74, 6) is 0. The average molecular weight is 247 g/mol. The SMILES string of the molecule is C1=C2CCCc3ccccc3C2Nc2ccccc21. The second-order valence-electron chi connectivity index (χ2n) is 5.44. The average Bonchev–Trinajstić information content (AvgIpc) is 2.64. The standard InChI is InChI=1S/C18H17N/c1-3-10-16-13(6-1)8-5-9-15-12-14-7-2-4-11-17(14)19-18(15)16/h1-4,6-7,10-12,18-19H,5,8-9H2. The lowest BCUT2D eigenvalue weighted by molar-refractivity contribution is 0.797. The van der Waals surface area contributed by atoms with Crippen molar-refractivity contribution in [3.8, 4) is 0 Å². The Hall–Kier alpha value is -2.02. The smallest absolute Gasteiger partial charge is 0.0733 e. The molecule has 1 aliphatic carbocycles. The van der Waals surface area contributed by atoms with Crippen LogP contribution in [0.4, 0.5) is 5.69 Å². The zero-order valence-electron chi connectivity index (χ0n) is 10.9. The normalized spacial score (nSPS) is 20.2. The van der Waals surface area contributed by atoms with Crippen molar-refractivity contribution in [2.75, 3.05) is 5.32 Å². The Kier molecular flexibility index (Phi) is 2.44. The van der Waals surface area contributed by atoms with Crippen molar-refractivity contribution in [2.45, 2.75) is 25.3 Å². The van der Waals surface area contributed by atoms with E-state index < -0.39 is 0 Å². The van der Waals surface area contributed by atoms with Gasteiger partial charge in [-0.25, -0.2) is 0 Å². The van der Waals surface area contributed by atoms with Gasteiger partial charge in [-0.05, 0) is 47.6 Å². The highest BCUT2D eigenvalue weighted by molar-refractivity contribution is 5.74. The first-order chi connectivity index (χ1) is 9.42. The van der Waals surface area contributed by atoms with Crippen LogP contribution in [0.5, 0.6) is 0 Å². The van der Waals surface area contributed by atoms with E-state index in [2.05, 4.69) is 59.9 Å². The summed E-state index contributed by atoms with van der Waals surface area (Å²) < 4.78 is 0. The Balaban J connectivity index is 1.87. The van der Waals surface area contributed by atoms with Gasteiger partial charge in [0.25, 0.3) is 0 Å². The summed E-state index contributed by atoms with van der Waals surface area (Å²) in [6.07, 6.45) is 6.03. The fourth-order valence-corrected chi connectivity index (χ4v) is 3.31. The maximum atomic E-state index is 3.73. The van der Waals surface area contributed by atoms with Crippen LogP contribution in [0.15, 0.2) is 54.1 Å². The Morgan fingerprint density at radius 3 is 2.74 bits per heavy atom. The monoisotopic (exact) mass is 247 g/mol. The largest absolute Gasteiger partial charge is 0.374 e. The van der Waals surface area contributed by atoms with Crippen molar-refractivity contribution in [3.05, 3.63) is 70.8 Å². The van der Waals surface area contributed by atoms with E-state index in [9.17, 15) is 0 Å². The Morgan fingerprint density at radius 2 is 1.74 bits per heavy atom. The third-order valence-corrected chi connectivity index (χ3v) is 4.25. The summed E-state index contributed by atoms with van der Waals surface area (Å²) in [6.45, 7) is 0. The van der Waals surface area contributed by atoms with Crippen molar-refractivity contribution < 1.29 is 0 Å². The van der Waals surface area contributed by atoms with Crippen LogP contribution < -0.4 is 5.32 Å². The number of benzene rings is 2. The maximum Gasteiger partial charge on any atom is 0.0733 e. The topological polar surface area (TPSA) is 12.0 Å². The molecule has 0 amide bonds. The van der Waals surface area contributed by atoms with E-state index >= 15 is 0 Å². The molecule has 0 saturated carbocycles. The molecule has 0 fully saturated rings. The number of rotatable bonds is 0. The first-order valence-corrected chi connectivity index (χ1v) is 7.06. The molecule has 0 saturated heterocycles. The van der Waals surface area contributed by atoms with Gasteiger partial charge in [-0.2, -0.15) is 0 Å². The van der Waals surface area contributed by atoms with E-state index in [1.165, 1.54) is 47.2 Å². The molecule has 0 spiro atoms. The number of nitrogens with one attached hydrogen (secondary N) is 1. The predicted octanol–water partition coefficient (Wildman–Crippen LogP) is 4.57. The van der Waals surface area contributed by atoms with Crippen LogP contribution in [0, 0.1) is 0 Å². The van der Waals surface area contributed by atoms with Crippen molar-refractivity contribution in [2.24, 2.45) is 0 Å². The number of hydrogen-bond acceptors (Lipinski definition) is 1. The van der Waals surface area contributed by atoms with Crippen LogP contribution in [0.1, 0.15) is 35.6 Å². The minimum Gasteiger partial charge on any atom is -0.374 e. The summed E-state index contributed by atoms with van der Waals surface area (Å²) in [4.78, 5) is 0. The molecule has 0 aromatic heterocycles. The van der Waals surface area contributed by atoms with Gasteiger partial charge in [0.05, 0.1) is 6.04 Å². The molecule has 94 valence electrons. The van der Waals surface area contributed by atoms with Crippen LogP contribution in [0.25, 0.3) is 6.08 Å². The molecule has 1 heterocycles. The highest BCUT2D eigenvalue weighted by atomic mass is 14.9. The van der Waals surface area contributed by atoms with Crippen molar-refractivity contribution in [1.82, 2.24) is 0 Å². The molecular formula is C18H17N. The van der Waals surface area contributed by atoms with Crippen LogP contribution in [-0.2, 0) is 6.42 Å².